The molecule has 2 atom stereocenters. The number of carbonyl (C=O) groups excluding carboxylic acids is 1. The van der Waals surface area contributed by atoms with E-state index in [1.165, 1.54) is 0 Å². The second-order valence-electron chi connectivity index (χ2n) is 3.25. The van der Waals surface area contributed by atoms with Gasteiger partial charge in [-0.15, -0.1) is 0 Å². The molecular formula is C9H17NO3. The van der Waals surface area contributed by atoms with Crippen LogP contribution in [-0.2, 0) is 9.53 Å². The van der Waals surface area contributed by atoms with Gasteiger partial charge in [-0.1, -0.05) is 0 Å². The molecule has 0 aromatic rings. The fourth-order valence-corrected chi connectivity index (χ4v) is 1.55. The van der Waals surface area contributed by atoms with Crippen molar-refractivity contribution in [2.75, 3.05) is 19.7 Å². The number of rotatable bonds is 2. The molecule has 0 saturated carbocycles. The van der Waals surface area contributed by atoms with E-state index in [2.05, 4.69) is 5.32 Å². The summed E-state index contributed by atoms with van der Waals surface area (Å²) < 4.78 is 4.88. The van der Waals surface area contributed by atoms with Gasteiger partial charge < -0.3 is 15.2 Å². The summed E-state index contributed by atoms with van der Waals surface area (Å²) in [6, 6.07) is 0. The van der Waals surface area contributed by atoms with Crippen molar-refractivity contribution in [1.29, 1.82) is 0 Å². The van der Waals surface area contributed by atoms with Gasteiger partial charge in [0.25, 0.3) is 0 Å². The number of aliphatic hydroxyl groups is 1. The molecule has 1 rings (SSSR count). The molecule has 13 heavy (non-hydrogen) atoms. The quantitative estimate of drug-likeness (QED) is 0.593. The van der Waals surface area contributed by atoms with Crippen molar-refractivity contribution < 1.29 is 14.6 Å². The lowest BCUT2D eigenvalue weighted by molar-refractivity contribution is -0.152. The molecule has 1 aliphatic heterocycles. The first-order chi connectivity index (χ1) is 6.25. The Kier molecular flexibility index (Phi) is 4.18. The molecule has 0 spiro atoms. The molecule has 2 unspecified atom stereocenters. The van der Waals surface area contributed by atoms with E-state index in [0.29, 0.717) is 19.4 Å². The molecule has 1 aliphatic rings. The van der Waals surface area contributed by atoms with Crippen molar-refractivity contribution in [3.05, 3.63) is 0 Å². The molecule has 0 radical (unpaired) electrons. The fraction of sp³-hybridized carbons (Fsp3) is 0.889. The minimum atomic E-state index is -0.547. The molecule has 0 bridgehead atoms. The highest BCUT2D eigenvalue weighted by atomic mass is 16.5. The van der Waals surface area contributed by atoms with Crippen LogP contribution in [0.3, 0.4) is 0 Å². The maximum Gasteiger partial charge on any atom is 0.311 e. The van der Waals surface area contributed by atoms with Gasteiger partial charge in [-0.05, 0) is 32.9 Å². The van der Waals surface area contributed by atoms with E-state index in [0.717, 1.165) is 13.1 Å². The van der Waals surface area contributed by atoms with Crippen LogP contribution >= 0.6 is 0 Å². The second kappa shape index (κ2) is 5.19. The Labute approximate surface area is 78.3 Å². The fourth-order valence-electron chi connectivity index (χ4n) is 1.55. The lowest BCUT2D eigenvalue weighted by Gasteiger charge is -2.17. The van der Waals surface area contributed by atoms with Gasteiger partial charge in [0, 0.05) is 0 Å². The second-order valence-corrected chi connectivity index (χ2v) is 3.25. The van der Waals surface area contributed by atoms with E-state index in [1.807, 2.05) is 0 Å². The van der Waals surface area contributed by atoms with Crippen LogP contribution < -0.4 is 5.32 Å². The topological polar surface area (TPSA) is 58.6 Å². The molecule has 0 aliphatic carbocycles. The molecule has 1 fully saturated rings. The smallest absolute Gasteiger partial charge is 0.311 e. The summed E-state index contributed by atoms with van der Waals surface area (Å²) in [4.78, 5) is 11.4. The molecule has 0 aromatic heterocycles. The van der Waals surface area contributed by atoms with Crippen molar-refractivity contribution in [2.24, 2.45) is 5.92 Å². The van der Waals surface area contributed by atoms with Crippen LogP contribution in [0.15, 0.2) is 0 Å². The van der Waals surface area contributed by atoms with Crippen molar-refractivity contribution >= 4 is 5.97 Å². The minimum absolute atomic E-state index is 0.265. The van der Waals surface area contributed by atoms with E-state index < -0.39 is 6.10 Å². The Morgan fingerprint density at radius 3 is 2.92 bits per heavy atom. The Hall–Kier alpha value is -0.610. The van der Waals surface area contributed by atoms with Crippen molar-refractivity contribution in [1.82, 2.24) is 5.32 Å². The predicted molar refractivity (Wildman–Crippen MR) is 48.2 cm³/mol. The molecule has 1 saturated heterocycles. The van der Waals surface area contributed by atoms with Gasteiger partial charge in [-0.3, -0.25) is 4.79 Å². The average Bonchev–Trinajstić information content (AvgIpc) is 2.30. The molecule has 0 aromatic carbocycles. The number of hydrogen-bond donors (Lipinski definition) is 2. The molecule has 2 N–H and O–H groups in total. The molecule has 76 valence electrons. The van der Waals surface area contributed by atoms with E-state index in [1.54, 1.807) is 6.92 Å². The average molecular weight is 187 g/mol. The van der Waals surface area contributed by atoms with Gasteiger partial charge in [-0.25, -0.2) is 0 Å². The third-order valence-corrected chi connectivity index (χ3v) is 2.30. The number of esters is 1. The highest BCUT2D eigenvalue weighted by Crippen LogP contribution is 2.15. The number of aliphatic hydroxyl groups excluding tert-OH is 1. The molecule has 4 heteroatoms. The van der Waals surface area contributed by atoms with E-state index in [4.69, 9.17) is 4.74 Å². The lowest BCUT2D eigenvalue weighted by Crippen LogP contribution is -2.29. The van der Waals surface area contributed by atoms with E-state index in [-0.39, 0.29) is 11.9 Å². The molecule has 4 nitrogen and oxygen atoms in total. The zero-order valence-corrected chi connectivity index (χ0v) is 7.95. The van der Waals surface area contributed by atoms with Gasteiger partial charge >= 0.3 is 5.97 Å². The van der Waals surface area contributed by atoms with E-state index >= 15 is 0 Å². The molecular weight excluding hydrogens is 170 g/mol. The summed E-state index contributed by atoms with van der Waals surface area (Å²) in [7, 11) is 0. The van der Waals surface area contributed by atoms with Gasteiger partial charge in [0.05, 0.1) is 18.6 Å². The summed E-state index contributed by atoms with van der Waals surface area (Å²) in [6.45, 7) is 3.71. The zero-order valence-electron chi connectivity index (χ0n) is 7.95. The third-order valence-electron chi connectivity index (χ3n) is 2.30. The van der Waals surface area contributed by atoms with Crippen molar-refractivity contribution in [3.8, 4) is 0 Å². The number of hydrogen-bond acceptors (Lipinski definition) is 4. The van der Waals surface area contributed by atoms with Crippen LogP contribution in [0, 0.1) is 5.92 Å². The van der Waals surface area contributed by atoms with Crippen LogP contribution in [0.1, 0.15) is 19.8 Å². The highest BCUT2D eigenvalue weighted by molar-refractivity contribution is 5.73. The van der Waals surface area contributed by atoms with Gasteiger partial charge in [0.1, 0.15) is 0 Å². The minimum Gasteiger partial charge on any atom is -0.466 e. The van der Waals surface area contributed by atoms with Crippen molar-refractivity contribution in [3.63, 3.8) is 0 Å². The summed E-state index contributed by atoms with van der Waals surface area (Å²) >= 11 is 0. The van der Waals surface area contributed by atoms with Gasteiger partial charge in [0.15, 0.2) is 0 Å². The molecule has 1 heterocycles. The SMILES string of the molecule is CCOC(=O)C1CCNCCC1O. The largest absolute Gasteiger partial charge is 0.466 e. The maximum absolute atomic E-state index is 11.4. The summed E-state index contributed by atoms with van der Waals surface area (Å²) in [5.41, 5.74) is 0. The van der Waals surface area contributed by atoms with Gasteiger partial charge in [0.2, 0.25) is 0 Å². The number of carbonyl (C=O) groups is 1. The Morgan fingerprint density at radius 2 is 2.23 bits per heavy atom. The first kappa shape index (κ1) is 10.5. The summed E-state index contributed by atoms with van der Waals surface area (Å²) in [5.74, 6) is -0.603. The lowest BCUT2D eigenvalue weighted by atomic mass is 9.98. The van der Waals surface area contributed by atoms with Gasteiger partial charge in [-0.2, -0.15) is 0 Å². The molecule has 0 amide bonds. The summed E-state index contributed by atoms with van der Waals surface area (Å²) in [6.07, 6.45) is 0.748. The van der Waals surface area contributed by atoms with Crippen LogP contribution in [0.25, 0.3) is 0 Å². The first-order valence-electron chi connectivity index (χ1n) is 4.81. The van der Waals surface area contributed by atoms with Crippen LogP contribution in [0.5, 0.6) is 0 Å². The maximum atomic E-state index is 11.4. The predicted octanol–water partition coefficient (Wildman–Crippen LogP) is -0.0900. The summed E-state index contributed by atoms with van der Waals surface area (Å²) in [5, 5.41) is 12.7. The normalized spacial score (nSPS) is 29.4. The third kappa shape index (κ3) is 2.97. The number of ether oxygens (including phenoxy) is 1. The van der Waals surface area contributed by atoms with Crippen LogP contribution in [0.2, 0.25) is 0 Å². The van der Waals surface area contributed by atoms with E-state index in [9.17, 15) is 9.90 Å². The Morgan fingerprint density at radius 1 is 1.54 bits per heavy atom. The Bertz CT molecular complexity index is 172. The Balaban J connectivity index is 2.48. The first-order valence-corrected chi connectivity index (χ1v) is 4.81. The zero-order chi connectivity index (χ0) is 9.68. The highest BCUT2D eigenvalue weighted by Gasteiger charge is 2.28. The van der Waals surface area contributed by atoms with Crippen LogP contribution in [0.4, 0.5) is 0 Å². The van der Waals surface area contributed by atoms with Crippen LogP contribution in [-0.4, -0.2) is 36.9 Å². The van der Waals surface area contributed by atoms with Crippen molar-refractivity contribution in [2.45, 2.75) is 25.9 Å². The number of nitrogens with one attached hydrogen (secondary N) is 1. The standard InChI is InChI=1S/C9H17NO3/c1-2-13-9(12)7-3-5-10-6-4-8(7)11/h7-8,10-11H,2-6H2,1H3. The monoisotopic (exact) mass is 187 g/mol.